The van der Waals surface area contributed by atoms with Gasteiger partial charge in [0, 0.05) is 32.2 Å². The predicted molar refractivity (Wildman–Crippen MR) is 107 cm³/mol. The van der Waals surface area contributed by atoms with Crippen molar-refractivity contribution >= 4 is 24.2 Å². The second-order valence-corrected chi connectivity index (χ2v) is 8.25. The summed E-state index contributed by atoms with van der Waals surface area (Å²) < 4.78 is 0. The SMILES string of the molecule is Cl.NC1CCC2CN(C(=O)C3CCCN(C(=O)Cc4ccccc4)C3)CC12. The standard InChI is InChI=1S/C21H29N3O2.ClH/c22-19-9-8-16-12-24(14-18(16)19)21(26)17-7-4-10-23(13-17)20(25)11-15-5-2-1-3-6-15;/h1-3,5-6,16-19H,4,7-14,22H2;1H. The van der Waals surface area contributed by atoms with Gasteiger partial charge in [-0.2, -0.15) is 0 Å². The van der Waals surface area contributed by atoms with Gasteiger partial charge in [-0.15, -0.1) is 12.4 Å². The summed E-state index contributed by atoms with van der Waals surface area (Å²) in [4.78, 5) is 29.6. The molecule has 27 heavy (non-hydrogen) atoms. The Morgan fingerprint density at radius 3 is 2.52 bits per heavy atom. The van der Waals surface area contributed by atoms with Gasteiger partial charge in [-0.05, 0) is 43.1 Å². The van der Waals surface area contributed by atoms with Crippen molar-refractivity contribution in [3.05, 3.63) is 35.9 Å². The summed E-state index contributed by atoms with van der Waals surface area (Å²) in [5.74, 6) is 1.41. The van der Waals surface area contributed by atoms with Crippen LogP contribution in [0.1, 0.15) is 31.2 Å². The lowest BCUT2D eigenvalue weighted by Crippen LogP contribution is -2.47. The molecule has 3 fully saturated rings. The van der Waals surface area contributed by atoms with Crippen LogP contribution in [0.25, 0.3) is 0 Å². The maximum atomic E-state index is 13.0. The number of halogens is 1. The molecule has 2 aliphatic heterocycles. The highest BCUT2D eigenvalue weighted by Gasteiger charge is 2.44. The number of carbonyl (C=O) groups is 2. The molecule has 6 heteroatoms. The van der Waals surface area contributed by atoms with Crippen molar-refractivity contribution < 1.29 is 9.59 Å². The van der Waals surface area contributed by atoms with Crippen molar-refractivity contribution in [2.24, 2.45) is 23.5 Å². The summed E-state index contributed by atoms with van der Waals surface area (Å²) in [6, 6.07) is 10.1. The van der Waals surface area contributed by atoms with Crippen molar-refractivity contribution in [3.63, 3.8) is 0 Å². The summed E-state index contributed by atoms with van der Waals surface area (Å²) in [5.41, 5.74) is 7.24. The molecule has 2 saturated heterocycles. The molecule has 0 spiro atoms. The van der Waals surface area contributed by atoms with Crippen LogP contribution in [-0.2, 0) is 16.0 Å². The lowest BCUT2D eigenvalue weighted by atomic mass is 9.95. The number of likely N-dealkylation sites (tertiary alicyclic amines) is 2. The van der Waals surface area contributed by atoms with E-state index in [4.69, 9.17) is 5.73 Å². The number of carbonyl (C=O) groups excluding carboxylic acids is 2. The Balaban J connectivity index is 0.00000210. The highest BCUT2D eigenvalue weighted by molar-refractivity contribution is 5.85. The van der Waals surface area contributed by atoms with Crippen molar-refractivity contribution in [3.8, 4) is 0 Å². The fourth-order valence-electron chi connectivity index (χ4n) is 5.03. The Labute approximate surface area is 167 Å². The lowest BCUT2D eigenvalue weighted by Gasteiger charge is -2.34. The first-order chi connectivity index (χ1) is 12.6. The number of fused-ring (bicyclic) bond motifs is 1. The second kappa shape index (κ2) is 8.61. The van der Waals surface area contributed by atoms with Crippen LogP contribution in [0.2, 0.25) is 0 Å². The quantitative estimate of drug-likeness (QED) is 0.857. The number of piperidine rings is 1. The van der Waals surface area contributed by atoms with E-state index in [1.165, 1.54) is 0 Å². The molecule has 0 radical (unpaired) electrons. The molecule has 3 aliphatic rings. The third-order valence-corrected chi connectivity index (χ3v) is 6.55. The molecule has 4 unspecified atom stereocenters. The Morgan fingerprint density at radius 1 is 1.00 bits per heavy atom. The molecule has 4 atom stereocenters. The molecule has 1 aromatic carbocycles. The largest absolute Gasteiger partial charge is 0.342 e. The highest BCUT2D eigenvalue weighted by Crippen LogP contribution is 2.38. The average Bonchev–Trinajstić information content (AvgIpc) is 3.24. The van der Waals surface area contributed by atoms with Crippen LogP contribution in [-0.4, -0.2) is 53.8 Å². The summed E-state index contributed by atoms with van der Waals surface area (Å²) >= 11 is 0. The third kappa shape index (κ3) is 4.30. The van der Waals surface area contributed by atoms with Crippen LogP contribution in [0.4, 0.5) is 0 Å². The van der Waals surface area contributed by atoms with E-state index in [1.54, 1.807) is 0 Å². The number of nitrogens with two attached hydrogens (primary N) is 1. The molecule has 4 rings (SSSR count). The van der Waals surface area contributed by atoms with Gasteiger partial charge < -0.3 is 15.5 Å². The van der Waals surface area contributed by atoms with Gasteiger partial charge in [0.05, 0.1) is 12.3 Å². The number of hydrogen-bond donors (Lipinski definition) is 1. The number of benzene rings is 1. The zero-order chi connectivity index (χ0) is 18.1. The average molecular weight is 392 g/mol. The lowest BCUT2D eigenvalue weighted by molar-refractivity contribution is -0.140. The van der Waals surface area contributed by atoms with E-state index >= 15 is 0 Å². The molecular weight excluding hydrogens is 362 g/mol. The maximum Gasteiger partial charge on any atom is 0.227 e. The minimum Gasteiger partial charge on any atom is -0.342 e. The fourth-order valence-corrected chi connectivity index (χ4v) is 5.03. The van der Waals surface area contributed by atoms with Crippen LogP contribution >= 0.6 is 12.4 Å². The van der Waals surface area contributed by atoms with Gasteiger partial charge in [0.25, 0.3) is 0 Å². The number of hydrogen-bond acceptors (Lipinski definition) is 3. The smallest absolute Gasteiger partial charge is 0.227 e. The van der Waals surface area contributed by atoms with E-state index in [0.29, 0.717) is 24.8 Å². The molecule has 0 aromatic heterocycles. The summed E-state index contributed by atoms with van der Waals surface area (Å²) in [7, 11) is 0. The van der Waals surface area contributed by atoms with Gasteiger partial charge >= 0.3 is 0 Å². The number of amides is 2. The third-order valence-electron chi connectivity index (χ3n) is 6.55. The van der Waals surface area contributed by atoms with Crippen LogP contribution in [0.15, 0.2) is 30.3 Å². The molecule has 1 saturated carbocycles. The van der Waals surface area contributed by atoms with Gasteiger partial charge in [-0.3, -0.25) is 9.59 Å². The van der Waals surface area contributed by atoms with Gasteiger partial charge in [0.15, 0.2) is 0 Å². The predicted octanol–water partition coefficient (Wildman–Crippen LogP) is 2.09. The normalized spacial score (nSPS) is 30.0. The van der Waals surface area contributed by atoms with Crippen LogP contribution in [0.5, 0.6) is 0 Å². The monoisotopic (exact) mass is 391 g/mol. The first kappa shape index (κ1) is 20.2. The zero-order valence-electron chi connectivity index (χ0n) is 15.8. The van der Waals surface area contributed by atoms with E-state index in [-0.39, 0.29) is 36.2 Å². The Bertz CT molecular complexity index is 669. The molecule has 1 aliphatic carbocycles. The van der Waals surface area contributed by atoms with Crippen LogP contribution in [0.3, 0.4) is 0 Å². The van der Waals surface area contributed by atoms with E-state index < -0.39 is 0 Å². The number of rotatable bonds is 3. The summed E-state index contributed by atoms with van der Waals surface area (Å²) in [6.07, 6.45) is 4.48. The number of nitrogens with zero attached hydrogens (tertiary/aromatic N) is 2. The van der Waals surface area contributed by atoms with Crippen molar-refractivity contribution in [1.82, 2.24) is 9.80 Å². The highest BCUT2D eigenvalue weighted by atomic mass is 35.5. The second-order valence-electron chi connectivity index (χ2n) is 8.25. The first-order valence-corrected chi connectivity index (χ1v) is 9.98. The molecule has 2 N–H and O–H groups in total. The van der Waals surface area contributed by atoms with Crippen molar-refractivity contribution in [2.45, 2.75) is 38.1 Å². The molecule has 5 nitrogen and oxygen atoms in total. The van der Waals surface area contributed by atoms with Crippen molar-refractivity contribution in [1.29, 1.82) is 0 Å². The topological polar surface area (TPSA) is 66.6 Å². The van der Waals surface area contributed by atoms with E-state index in [1.807, 2.05) is 40.1 Å². The molecular formula is C21H30ClN3O2. The molecule has 0 bridgehead atoms. The Morgan fingerprint density at radius 2 is 1.78 bits per heavy atom. The van der Waals surface area contributed by atoms with Gasteiger partial charge in [-0.1, -0.05) is 30.3 Å². The van der Waals surface area contributed by atoms with Crippen LogP contribution in [0, 0.1) is 17.8 Å². The minimum absolute atomic E-state index is 0. The minimum atomic E-state index is -0.0430. The Hall–Kier alpha value is -1.59. The summed E-state index contributed by atoms with van der Waals surface area (Å²) in [6.45, 7) is 3.03. The molecule has 2 amide bonds. The van der Waals surface area contributed by atoms with E-state index in [0.717, 1.165) is 50.9 Å². The molecule has 1 aromatic rings. The molecule has 2 heterocycles. The first-order valence-electron chi connectivity index (χ1n) is 9.98. The Kier molecular flexibility index (Phi) is 6.43. The van der Waals surface area contributed by atoms with E-state index in [9.17, 15) is 9.59 Å². The van der Waals surface area contributed by atoms with Gasteiger partial charge in [-0.25, -0.2) is 0 Å². The van der Waals surface area contributed by atoms with Gasteiger partial charge in [0.2, 0.25) is 11.8 Å². The zero-order valence-corrected chi connectivity index (χ0v) is 16.6. The fraction of sp³-hybridized carbons (Fsp3) is 0.619. The molecule has 148 valence electrons. The maximum absolute atomic E-state index is 13.0. The van der Waals surface area contributed by atoms with Crippen LogP contribution < -0.4 is 5.73 Å². The van der Waals surface area contributed by atoms with Gasteiger partial charge in [0.1, 0.15) is 0 Å². The van der Waals surface area contributed by atoms with Crippen molar-refractivity contribution in [2.75, 3.05) is 26.2 Å². The van der Waals surface area contributed by atoms with E-state index in [2.05, 4.69) is 0 Å². The summed E-state index contributed by atoms with van der Waals surface area (Å²) in [5, 5.41) is 0.